The topological polar surface area (TPSA) is 48.9 Å². The highest BCUT2D eigenvalue weighted by molar-refractivity contribution is 5.81. The van der Waals surface area contributed by atoms with Gasteiger partial charge in [-0.25, -0.2) is 0 Å². The molecule has 0 saturated heterocycles. The minimum atomic E-state index is -0.439. The van der Waals surface area contributed by atoms with Gasteiger partial charge < -0.3 is 5.11 Å². The maximum absolute atomic E-state index is 9.40. The van der Waals surface area contributed by atoms with Gasteiger partial charge in [0.2, 0.25) is 0 Å². The van der Waals surface area contributed by atoms with Crippen molar-refractivity contribution in [3.63, 3.8) is 0 Å². The molecule has 0 unspecified atom stereocenters. The molecule has 0 aliphatic heterocycles. The van der Waals surface area contributed by atoms with Crippen LogP contribution in [0.3, 0.4) is 0 Å². The molecule has 3 heteroatoms. The summed E-state index contributed by atoms with van der Waals surface area (Å²) in [6, 6.07) is 5.75. The summed E-state index contributed by atoms with van der Waals surface area (Å²) in [5.74, 6) is 0. The van der Waals surface area contributed by atoms with Crippen molar-refractivity contribution in [2.75, 3.05) is 0 Å². The largest absolute Gasteiger partial charge is 0.389 e. The molecule has 0 aliphatic carbocycles. The fraction of sp³-hybridized carbons (Fsp3) is 0.222. The van der Waals surface area contributed by atoms with Crippen LogP contribution < -0.4 is 0 Å². The van der Waals surface area contributed by atoms with E-state index in [0.29, 0.717) is 0 Å². The average molecular weight is 162 g/mol. The summed E-state index contributed by atoms with van der Waals surface area (Å²) in [4.78, 5) is 0. The van der Waals surface area contributed by atoms with Crippen molar-refractivity contribution >= 4 is 10.9 Å². The van der Waals surface area contributed by atoms with Crippen molar-refractivity contribution in [3.8, 4) is 0 Å². The van der Waals surface area contributed by atoms with Crippen LogP contribution in [0.1, 0.15) is 18.6 Å². The zero-order valence-electron chi connectivity index (χ0n) is 6.78. The van der Waals surface area contributed by atoms with Gasteiger partial charge in [-0.3, -0.25) is 5.10 Å². The number of aromatic nitrogens is 2. The first-order valence-corrected chi connectivity index (χ1v) is 3.89. The van der Waals surface area contributed by atoms with E-state index in [0.717, 1.165) is 16.5 Å². The number of rotatable bonds is 1. The van der Waals surface area contributed by atoms with Crippen molar-refractivity contribution < 1.29 is 5.11 Å². The zero-order chi connectivity index (χ0) is 8.55. The minimum absolute atomic E-state index is 0.439. The standard InChI is InChI=1S/C9H10N2O/c1-6(12)7-3-2-4-9-8(7)5-10-11-9/h2-6,12H,1H3,(H,10,11)/t6-/m1/s1. The molecule has 1 atom stereocenters. The van der Waals surface area contributed by atoms with Crippen LogP contribution in [0.5, 0.6) is 0 Å². The van der Waals surface area contributed by atoms with Crippen LogP contribution in [0, 0.1) is 0 Å². The third-order valence-electron chi connectivity index (χ3n) is 1.97. The SMILES string of the molecule is C[C@@H](O)c1cccc2[nH]ncc12. The number of fused-ring (bicyclic) bond motifs is 1. The van der Waals surface area contributed by atoms with E-state index >= 15 is 0 Å². The molecular weight excluding hydrogens is 152 g/mol. The Morgan fingerprint density at radius 3 is 3.08 bits per heavy atom. The maximum atomic E-state index is 9.40. The fourth-order valence-electron chi connectivity index (χ4n) is 1.36. The second-order valence-electron chi connectivity index (χ2n) is 2.85. The van der Waals surface area contributed by atoms with Gasteiger partial charge in [0.05, 0.1) is 17.8 Å². The number of nitrogens with zero attached hydrogens (tertiary/aromatic N) is 1. The Morgan fingerprint density at radius 1 is 1.50 bits per heavy atom. The van der Waals surface area contributed by atoms with Gasteiger partial charge in [-0.2, -0.15) is 5.10 Å². The molecule has 3 nitrogen and oxygen atoms in total. The zero-order valence-corrected chi connectivity index (χ0v) is 6.78. The van der Waals surface area contributed by atoms with Gasteiger partial charge >= 0.3 is 0 Å². The van der Waals surface area contributed by atoms with Crippen LogP contribution in [0.4, 0.5) is 0 Å². The summed E-state index contributed by atoms with van der Waals surface area (Å²) < 4.78 is 0. The van der Waals surface area contributed by atoms with Gasteiger partial charge in [-0.15, -0.1) is 0 Å². The summed E-state index contributed by atoms with van der Waals surface area (Å²) in [5.41, 5.74) is 1.88. The molecule has 1 aromatic carbocycles. The summed E-state index contributed by atoms with van der Waals surface area (Å²) in [5, 5.41) is 17.2. The molecule has 0 bridgehead atoms. The van der Waals surface area contributed by atoms with E-state index in [4.69, 9.17) is 0 Å². The first kappa shape index (κ1) is 7.31. The number of aliphatic hydroxyl groups is 1. The first-order chi connectivity index (χ1) is 5.79. The van der Waals surface area contributed by atoms with Crippen molar-refractivity contribution in [1.29, 1.82) is 0 Å². The average Bonchev–Trinajstić information content (AvgIpc) is 2.49. The number of nitrogens with one attached hydrogen (secondary N) is 1. The first-order valence-electron chi connectivity index (χ1n) is 3.89. The maximum Gasteiger partial charge on any atom is 0.0769 e. The monoisotopic (exact) mass is 162 g/mol. The Hall–Kier alpha value is -1.35. The number of H-pyrrole nitrogens is 1. The van der Waals surface area contributed by atoms with Crippen molar-refractivity contribution in [1.82, 2.24) is 10.2 Å². The Bertz CT molecular complexity index is 392. The molecule has 1 heterocycles. The van der Waals surface area contributed by atoms with Gasteiger partial charge in [0, 0.05) is 5.39 Å². The second-order valence-corrected chi connectivity index (χ2v) is 2.85. The Kier molecular flexibility index (Phi) is 1.59. The number of hydrogen-bond acceptors (Lipinski definition) is 2. The lowest BCUT2D eigenvalue weighted by molar-refractivity contribution is 0.201. The molecule has 0 spiro atoms. The predicted molar refractivity (Wildman–Crippen MR) is 46.7 cm³/mol. The lowest BCUT2D eigenvalue weighted by atomic mass is 10.1. The van der Waals surface area contributed by atoms with E-state index in [1.807, 2.05) is 18.2 Å². The van der Waals surface area contributed by atoms with Crippen molar-refractivity contribution in [2.45, 2.75) is 13.0 Å². The van der Waals surface area contributed by atoms with Crippen LogP contribution in [-0.2, 0) is 0 Å². The third kappa shape index (κ3) is 0.987. The quantitative estimate of drug-likeness (QED) is 0.669. The highest BCUT2D eigenvalue weighted by Gasteiger charge is 2.05. The molecule has 0 saturated carbocycles. The Morgan fingerprint density at radius 2 is 2.33 bits per heavy atom. The van der Waals surface area contributed by atoms with Gasteiger partial charge in [0.1, 0.15) is 0 Å². The summed E-state index contributed by atoms with van der Waals surface area (Å²) >= 11 is 0. The molecule has 2 rings (SSSR count). The molecule has 12 heavy (non-hydrogen) atoms. The lowest BCUT2D eigenvalue weighted by Crippen LogP contribution is -1.90. The molecule has 2 aromatic rings. The van der Waals surface area contributed by atoms with E-state index in [-0.39, 0.29) is 0 Å². The fourth-order valence-corrected chi connectivity index (χ4v) is 1.36. The molecule has 0 amide bonds. The van der Waals surface area contributed by atoms with Gasteiger partial charge in [-0.05, 0) is 18.6 Å². The molecular formula is C9H10N2O. The highest BCUT2D eigenvalue weighted by atomic mass is 16.3. The summed E-state index contributed by atoms with van der Waals surface area (Å²) in [7, 11) is 0. The van der Waals surface area contributed by atoms with Crippen molar-refractivity contribution in [2.24, 2.45) is 0 Å². The van der Waals surface area contributed by atoms with E-state index in [1.54, 1.807) is 13.1 Å². The van der Waals surface area contributed by atoms with Crippen LogP contribution in [0.25, 0.3) is 10.9 Å². The summed E-state index contributed by atoms with van der Waals surface area (Å²) in [6.07, 6.45) is 1.29. The van der Waals surface area contributed by atoms with E-state index in [9.17, 15) is 5.11 Å². The lowest BCUT2D eigenvalue weighted by Gasteiger charge is -2.04. The Balaban J connectivity index is 2.73. The third-order valence-corrected chi connectivity index (χ3v) is 1.97. The predicted octanol–water partition coefficient (Wildman–Crippen LogP) is 1.62. The number of aliphatic hydroxyl groups excluding tert-OH is 1. The van der Waals surface area contributed by atoms with E-state index in [2.05, 4.69) is 10.2 Å². The number of hydrogen-bond donors (Lipinski definition) is 2. The van der Waals surface area contributed by atoms with Crippen LogP contribution >= 0.6 is 0 Å². The normalized spacial score (nSPS) is 13.5. The van der Waals surface area contributed by atoms with E-state index < -0.39 is 6.10 Å². The minimum Gasteiger partial charge on any atom is -0.389 e. The highest BCUT2D eigenvalue weighted by Crippen LogP contribution is 2.21. The molecule has 0 aliphatic rings. The molecule has 2 N–H and O–H groups in total. The molecule has 62 valence electrons. The second kappa shape index (κ2) is 2.60. The van der Waals surface area contributed by atoms with Crippen LogP contribution in [0.2, 0.25) is 0 Å². The van der Waals surface area contributed by atoms with Gasteiger partial charge in [-0.1, -0.05) is 12.1 Å². The van der Waals surface area contributed by atoms with Crippen LogP contribution in [0.15, 0.2) is 24.4 Å². The van der Waals surface area contributed by atoms with Gasteiger partial charge in [0.25, 0.3) is 0 Å². The van der Waals surface area contributed by atoms with Crippen LogP contribution in [-0.4, -0.2) is 15.3 Å². The van der Waals surface area contributed by atoms with Crippen molar-refractivity contribution in [3.05, 3.63) is 30.0 Å². The van der Waals surface area contributed by atoms with Gasteiger partial charge in [0.15, 0.2) is 0 Å². The van der Waals surface area contributed by atoms with E-state index in [1.165, 1.54) is 0 Å². The molecule has 1 aromatic heterocycles. The number of benzene rings is 1. The summed E-state index contributed by atoms with van der Waals surface area (Å²) in [6.45, 7) is 1.75. The molecule has 0 radical (unpaired) electrons. The smallest absolute Gasteiger partial charge is 0.0769 e. The molecule has 0 fully saturated rings. The Labute approximate surface area is 70.0 Å². The number of aromatic amines is 1.